The standard InChI is InChI=1S/2C23H23NO4/c2*25-22(26)20-13-9-10-14(11-13)21(20)24-23(27)28-12-19-17-7-3-1-5-15(17)16-6-2-4-8-18(16)19/h2*1-8,13-14,19-21H,9-12H2,(H,24,27)(H,25,26)/t2*13-,14+,20+,21-/m10/s1. The Balaban J connectivity index is 0.000000146. The van der Waals surface area contributed by atoms with Gasteiger partial charge in [-0.25, -0.2) is 9.59 Å². The summed E-state index contributed by atoms with van der Waals surface area (Å²) in [5.41, 5.74) is 9.41. The Morgan fingerprint density at radius 2 is 0.786 bits per heavy atom. The molecule has 10 heteroatoms. The fourth-order valence-corrected chi connectivity index (χ4v) is 11.3. The Hall–Kier alpha value is -5.64. The lowest BCUT2D eigenvalue weighted by molar-refractivity contribution is -0.145. The van der Waals surface area contributed by atoms with Gasteiger partial charge in [0.2, 0.25) is 0 Å². The molecule has 0 heterocycles. The maximum absolute atomic E-state index is 12.5. The van der Waals surface area contributed by atoms with Crippen LogP contribution in [0.5, 0.6) is 0 Å². The van der Waals surface area contributed by atoms with E-state index in [2.05, 4.69) is 59.2 Å². The molecule has 56 heavy (non-hydrogen) atoms. The highest BCUT2D eigenvalue weighted by Gasteiger charge is 2.53. The van der Waals surface area contributed by atoms with Crippen molar-refractivity contribution in [2.75, 3.05) is 13.2 Å². The van der Waals surface area contributed by atoms with Crippen LogP contribution in [0.1, 0.15) is 72.6 Å². The van der Waals surface area contributed by atoms with Gasteiger partial charge in [0, 0.05) is 23.9 Å². The summed E-state index contributed by atoms with van der Waals surface area (Å²) in [5, 5.41) is 24.8. The number of fused-ring (bicyclic) bond motifs is 10. The minimum Gasteiger partial charge on any atom is -0.481 e. The number of carbonyl (C=O) groups is 4. The van der Waals surface area contributed by atoms with Gasteiger partial charge < -0.3 is 30.3 Å². The Kier molecular flexibility index (Phi) is 9.51. The van der Waals surface area contributed by atoms with Gasteiger partial charge in [-0.3, -0.25) is 9.59 Å². The van der Waals surface area contributed by atoms with E-state index >= 15 is 0 Å². The van der Waals surface area contributed by atoms with Crippen molar-refractivity contribution in [2.45, 2.75) is 62.4 Å². The number of alkyl carbamates (subject to hydrolysis) is 2. The van der Waals surface area contributed by atoms with E-state index in [1.165, 1.54) is 44.5 Å². The van der Waals surface area contributed by atoms with Crippen molar-refractivity contribution in [1.29, 1.82) is 0 Å². The van der Waals surface area contributed by atoms with Gasteiger partial charge in [0.15, 0.2) is 0 Å². The van der Waals surface area contributed by atoms with Crippen molar-refractivity contribution in [1.82, 2.24) is 10.6 Å². The number of amides is 2. The molecule has 4 aromatic carbocycles. The molecule has 0 radical (unpaired) electrons. The second-order valence-corrected chi connectivity index (χ2v) is 16.4. The fourth-order valence-electron chi connectivity index (χ4n) is 11.3. The number of hydrogen-bond acceptors (Lipinski definition) is 6. The van der Waals surface area contributed by atoms with E-state index < -0.39 is 36.0 Å². The van der Waals surface area contributed by atoms with E-state index in [4.69, 9.17) is 9.47 Å². The van der Waals surface area contributed by atoms with Gasteiger partial charge in [0.25, 0.3) is 0 Å². The van der Waals surface area contributed by atoms with Gasteiger partial charge in [-0.15, -0.1) is 0 Å². The third-order valence-corrected chi connectivity index (χ3v) is 13.7. The number of nitrogens with one attached hydrogen (secondary N) is 2. The summed E-state index contributed by atoms with van der Waals surface area (Å²) in [6.07, 6.45) is 4.65. The predicted octanol–water partition coefficient (Wildman–Crippen LogP) is 8.05. The van der Waals surface area contributed by atoms with Crippen molar-refractivity contribution >= 4 is 24.1 Å². The van der Waals surface area contributed by atoms with Crippen molar-refractivity contribution in [3.8, 4) is 22.3 Å². The molecule has 4 fully saturated rings. The summed E-state index contributed by atoms with van der Waals surface area (Å²) in [5.74, 6) is -1.70. The molecule has 0 aromatic heterocycles. The van der Waals surface area contributed by atoms with Crippen LogP contribution in [0, 0.1) is 35.5 Å². The molecule has 0 saturated heterocycles. The third-order valence-electron chi connectivity index (χ3n) is 13.7. The lowest BCUT2D eigenvalue weighted by Crippen LogP contribution is -2.47. The summed E-state index contributed by atoms with van der Waals surface area (Å²) in [7, 11) is 0. The number of carboxylic acids is 2. The van der Waals surface area contributed by atoms with Crippen LogP contribution in [0.4, 0.5) is 9.59 Å². The van der Waals surface area contributed by atoms with Crippen LogP contribution in [0.3, 0.4) is 0 Å². The van der Waals surface area contributed by atoms with Crippen LogP contribution in [-0.4, -0.2) is 59.6 Å². The van der Waals surface area contributed by atoms with Crippen molar-refractivity contribution < 1.29 is 38.9 Å². The first-order chi connectivity index (χ1) is 27.3. The predicted molar refractivity (Wildman–Crippen MR) is 208 cm³/mol. The van der Waals surface area contributed by atoms with Crippen molar-refractivity contribution in [3.63, 3.8) is 0 Å². The molecular formula is C46H46N2O8. The third kappa shape index (κ3) is 6.38. The molecule has 288 valence electrons. The normalized spacial score (nSPS) is 27.3. The Morgan fingerprint density at radius 1 is 0.482 bits per heavy atom. The number of ether oxygens (including phenoxy) is 2. The molecule has 6 aliphatic carbocycles. The molecule has 8 atom stereocenters. The summed E-state index contributed by atoms with van der Waals surface area (Å²) < 4.78 is 11.2. The summed E-state index contributed by atoms with van der Waals surface area (Å²) in [6.45, 7) is 0.497. The van der Waals surface area contributed by atoms with E-state index in [0.29, 0.717) is 0 Å². The van der Waals surface area contributed by atoms with Gasteiger partial charge >= 0.3 is 24.1 Å². The van der Waals surface area contributed by atoms with E-state index in [9.17, 15) is 29.4 Å². The highest BCUT2D eigenvalue weighted by atomic mass is 16.6. The molecule has 4 N–H and O–H groups in total. The Bertz CT molecular complexity index is 1940. The van der Waals surface area contributed by atoms with Crippen LogP contribution in [0.2, 0.25) is 0 Å². The minimum atomic E-state index is -0.809. The quantitative estimate of drug-likeness (QED) is 0.141. The first-order valence-corrected chi connectivity index (χ1v) is 20.0. The number of aliphatic carboxylic acids is 2. The zero-order chi connectivity index (χ0) is 38.5. The van der Waals surface area contributed by atoms with Crippen LogP contribution in [-0.2, 0) is 19.1 Å². The summed E-state index contributed by atoms with van der Waals surface area (Å²) in [6, 6.07) is 32.2. The lowest BCUT2D eigenvalue weighted by atomic mass is 9.84. The van der Waals surface area contributed by atoms with Crippen LogP contribution >= 0.6 is 0 Å². The lowest BCUT2D eigenvalue weighted by Gasteiger charge is -2.28. The smallest absolute Gasteiger partial charge is 0.407 e. The molecule has 0 spiro atoms. The highest BCUT2D eigenvalue weighted by molar-refractivity contribution is 5.81. The van der Waals surface area contributed by atoms with Gasteiger partial charge in [0.1, 0.15) is 13.2 Å². The number of hydrogen-bond donors (Lipinski definition) is 4. The molecule has 10 rings (SSSR count). The molecule has 2 amide bonds. The first-order valence-electron chi connectivity index (χ1n) is 20.0. The molecule has 10 nitrogen and oxygen atoms in total. The number of carboxylic acid groups (broad SMARTS) is 2. The van der Waals surface area contributed by atoms with E-state index in [1.807, 2.05) is 48.5 Å². The van der Waals surface area contributed by atoms with E-state index in [0.717, 1.165) is 38.5 Å². The highest BCUT2D eigenvalue weighted by Crippen LogP contribution is 2.50. The summed E-state index contributed by atoms with van der Waals surface area (Å²) >= 11 is 0. The maximum Gasteiger partial charge on any atom is 0.407 e. The van der Waals surface area contributed by atoms with Gasteiger partial charge in [-0.05, 0) is 107 Å². The fraction of sp³-hybridized carbons (Fsp3) is 0.391. The average molecular weight is 755 g/mol. The Morgan fingerprint density at radius 3 is 1.11 bits per heavy atom. The largest absolute Gasteiger partial charge is 0.481 e. The van der Waals surface area contributed by atoms with Crippen molar-refractivity contribution in [3.05, 3.63) is 119 Å². The number of benzene rings is 4. The van der Waals surface area contributed by atoms with E-state index in [-0.39, 0.29) is 60.8 Å². The zero-order valence-corrected chi connectivity index (χ0v) is 31.0. The molecule has 4 saturated carbocycles. The molecular weight excluding hydrogens is 709 g/mol. The number of rotatable bonds is 8. The topological polar surface area (TPSA) is 151 Å². The molecule has 4 bridgehead atoms. The maximum atomic E-state index is 12.5. The van der Waals surface area contributed by atoms with E-state index in [1.54, 1.807) is 0 Å². The molecule has 0 aliphatic heterocycles. The molecule has 6 aliphatic rings. The first kappa shape index (κ1) is 36.0. The monoisotopic (exact) mass is 754 g/mol. The zero-order valence-electron chi connectivity index (χ0n) is 31.0. The van der Waals surface area contributed by atoms with Crippen LogP contribution in [0.25, 0.3) is 22.3 Å². The van der Waals surface area contributed by atoms with Gasteiger partial charge in [-0.2, -0.15) is 0 Å². The molecule has 0 unspecified atom stereocenters. The van der Waals surface area contributed by atoms with Crippen LogP contribution < -0.4 is 10.6 Å². The number of carbonyl (C=O) groups excluding carboxylic acids is 2. The Labute approximate surface area is 325 Å². The van der Waals surface area contributed by atoms with Crippen molar-refractivity contribution in [2.24, 2.45) is 35.5 Å². The molecule has 4 aromatic rings. The summed E-state index contributed by atoms with van der Waals surface area (Å²) in [4.78, 5) is 48.3. The second kappa shape index (κ2) is 14.8. The van der Waals surface area contributed by atoms with Gasteiger partial charge in [0.05, 0.1) is 11.8 Å². The average Bonchev–Trinajstić information content (AvgIpc) is 4.07. The minimum absolute atomic E-state index is 0.00782. The second-order valence-electron chi connectivity index (χ2n) is 16.4. The SMILES string of the molecule is O=C(N[C@@H]1[C@H]2CC[C@H](C2)[C@@H]1C(=O)O)OCC1c2ccccc2-c2ccccc21.O=C(N[C@H]1[C@@H]2CC[C@@H](C2)[C@H]1C(=O)O)OCC1c2ccccc2-c2ccccc21. The van der Waals surface area contributed by atoms with Gasteiger partial charge in [-0.1, -0.05) is 97.1 Å². The van der Waals surface area contributed by atoms with Crippen LogP contribution in [0.15, 0.2) is 97.1 Å².